The van der Waals surface area contributed by atoms with E-state index in [-0.39, 0.29) is 5.54 Å². The molecule has 18 heavy (non-hydrogen) atoms. The van der Waals surface area contributed by atoms with E-state index in [9.17, 15) is 4.79 Å². The van der Waals surface area contributed by atoms with Crippen LogP contribution in [0.3, 0.4) is 0 Å². The van der Waals surface area contributed by atoms with Gasteiger partial charge in [-0.2, -0.15) is 0 Å². The number of aromatic nitrogens is 2. The highest BCUT2D eigenvalue weighted by Gasteiger charge is 2.43. The van der Waals surface area contributed by atoms with Gasteiger partial charge in [-0.05, 0) is 25.7 Å². The highest BCUT2D eigenvalue weighted by atomic mass is 16.1. The van der Waals surface area contributed by atoms with E-state index < -0.39 is 5.91 Å². The van der Waals surface area contributed by atoms with Crippen molar-refractivity contribution in [3.8, 4) is 0 Å². The van der Waals surface area contributed by atoms with Crippen LogP contribution in [0.5, 0.6) is 0 Å². The van der Waals surface area contributed by atoms with E-state index in [0.29, 0.717) is 17.3 Å². The Hall–Kier alpha value is -1.49. The van der Waals surface area contributed by atoms with E-state index in [1.54, 1.807) is 6.20 Å². The van der Waals surface area contributed by atoms with Gasteiger partial charge in [0.25, 0.3) is 5.91 Å². The summed E-state index contributed by atoms with van der Waals surface area (Å²) < 4.78 is 0. The number of hydrogen-bond donors (Lipinski definition) is 2. The Morgan fingerprint density at radius 2 is 2.00 bits per heavy atom. The van der Waals surface area contributed by atoms with Crippen molar-refractivity contribution in [1.82, 2.24) is 9.97 Å². The molecular formula is C13H18N4O. The molecule has 2 aliphatic carbocycles. The molecule has 2 fully saturated rings. The Bertz CT molecular complexity index is 490. The van der Waals surface area contributed by atoms with Crippen LogP contribution in [0.25, 0.3) is 0 Å². The normalized spacial score (nSPS) is 22.1. The van der Waals surface area contributed by atoms with Crippen molar-refractivity contribution >= 4 is 5.91 Å². The van der Waals surface area contributed by atoms with Crippen molar-refractivity contribution in [2.24, 2.45) is 11.5 Å². The maximum atomic E-state index is 11.5. The molecule has 0 bridgehead atoms. The molecule has 0 aliphatic heterocycles. The Labute approximate surface area is 106 Å². The molecular weight excluding hydrogens is 228 g/mol. The van der Waals surface area contributed by atoms with Crippen LogP contribution >= 0.6 is 0 Å². The maximum Gasteiger partial charge on any atom is 0.252 e. The van der Waals surface area contributed by atoms with Crippen LogP contribution in [0.1, 0.15) is 66.3 Å². The van der Waals surface area contributed by atoms with E-state index >= 15 is 0 Å². The number of amides is 1. The summed E-state index contributed by atoms with van der Waals surface area (Å²) in [6.45, 7) is 0. The summed E-state index contributed by atoms with van der Waals surface area (Å²) in [5, 5.41) is 0. The molecule has 0 unspecified atom stereocenters. The Balaban J connectivity index is 2.03. The van der Waals surface area contributed by atoms with E-state index in [0.717, 1.165) is 31.4 Å². The lowest BCUT2D eigenvalue weighted by Crippen LogP contribution is -2.25. The predicted octanol–water partition coefficient (Wildman–Crippen LogP) is 1.18. The fraction of sp³-hybridized carbons (Fsp3) is 0.615. The van der Waals surface area contributed by atoms with Gasteiger partial charge in [0, 0.05) is 12.1 Å². The van der Waals surface area contributed by atoms with Crippen molar-refractivity contribution in [3.63, 3.8) is 0 Å². The minimum absolute atomic E-state index is 0.344. The van der Waals surface area contributed by atoms with Gasteiger partial charge >= 0.3 is 0 Å². The van der Waals surface area contributed by atoms with Gasteiger partial charge in [0.05, 0.1) is 16.8 Å². The fourth-order valence-corrected chi connectivity index (χ4v) is 2.69. The van der Waals surface area contributed by atoms with Crippen LogP contribution in [0.15, 0.2) is 6.20 Å². The van der Waals surface area contributed by atoms with E-state index in [2.05, 4.69) is 9.97 Å². The van der Waals surface area contributed by atoms with Gasteiger partial charge in [-0.1, -0.05) is 12.8 Å². The van der Waals surface area contributed by atoms with Crippen LogP contribution in [-0.4, -0.2) is 15.9 Å². The zero-order valence-corrected chi connectivity index (χ0v) is 10.4. The minimum Gasteiger partial charge on any atom is -0.365 e. The van der Waals surface area contributed by atoms with Gasteiger partial charge < -0.3 is 11.5 Å². The number of nitrogens with zero attached hydrogens (tertiary/aromatic N) is 2. The summed E-state index contributed by atoms with van der Waals surface area (Å²) in [5.41, 5.74) is 12.5. The number of carbonyl (C=O) groups excluding carboxylic acids is 1. The quantitative estimate of drug-likeness (QED) is 0.837. The average molecular weight is 246 g/mol. The number of rotatable bonds is 3. The fourth-order valence-electron chi connectivity index (χ4n) is 2.69. The zero-order chi connectivity index (χ0) is 12.8. The third kappa shape index (κ3) is 1.88. The molecule has 2 saturated carbocycles. The Morgan fingerprint density at radius 3 is 2.56 bits per heavy atom. The van der Waals surface area contributed by atoms with Crippen LogP contribution in [0.2, 0.25) is 0 Å². The molecule has 0 radical (unpaired) electrons. The monoisotopic (exact) mass is 246 g/mol. The van der Waals surface area contributed by atoms with Crippen LogP contribution < -0.4 is 11.5 Å². The number of primary amides is 1. The average Bonchev–Trinajstić information content (AvgIpc) is 2.92. The Kier molecular flexibility index (Phi) is 2.59. The van der Waals surface area contributed by atoms with Gasteiger partial charge in [-0.3, -0.25) is 4.79 Å². The first-order valence-corrected chi connectivity index (χ1v) is 6.56. The van der Waals surface area contributed by atoms with Gasteiger partial charge in [0.15, 0.2) is 0 Å². The van der Waals surface area contributed by atoms with Crippen LogP contribution in [0, 0.1) is 0 Å². The first kappa shape index (κ1) is 11.6. The summed E-state index contributed by atoms with van der Waals surface area (Å²) in [7, 11) is 0. The zero-order valence-electron chi connectivity index (χ0n) is 10.4. The molecule has 96 valence electrons. The maximum absolute atomic E-state index is 11.5. The second-order valence-corrected chi connectivity index (χ2v) is 5.49. The van der Waals surface area contributed by atoms with Gasteiger partial charge in [-0.15, -0.1) is 0 Å². The smallest absolute Gasteiger partial charge is 0.252 e. The topological polar surface area (TPSA) is 94.9 Å². The van der Waals surface area contributed by atoms with Crippen molar-refractivity contribution < 1.29 is 4.79 Å². The highest BCUT2D eigenvalue weighted by molar-refractivity contribution is 5.93. The van der Waals surface area contributed by atoms with E-state index in [1.807, 2.05) is 0 Å². The van der Waals surface area contributed by atoms with Crippen molar-refractivity contribution in [1.29, 1.82) is 0 Å². The van der Waals surface area contributed by atoms with Gasteiger partial charge in [0.2, 0.25) is 0 Å². The molecule has 3 rings (SSSR count). The second-order valence-electron chi connectivity index (χ2n) is 5.49. The molecule has 0 atom stereocenters. The molecule has 1 aromatic rings. The summed E-state index contributed by atoms with van der Waals surface area (Å²) >= 11 is 0. The first-order chi connectivity index (χ1) is 8.60. The molecule has 0 aromatic carbocycles. The summed E-state index contributed by atoms with van der Waals surface area (Å²) in [5.74, 6) is 0.580. The van der Waals surface area contributed by atoms with Crippen LogP contribution in [0.4, 0.5) is 0 Å². The van der Waals surface area contributed by atoms with Crippen molar-refractivity contribution in [3.05, 3.63) is 23.3 Å². The molecule has 2 aliphatic rings. The van der Waals surface area contributed by atoms with Crippen LogP contribution in [-0.2, 0) is 5.54 Å². The molecule has 4 N–H and O–H groups in total. The lowest BCUT2D eigenvalue weighted by Gasteiger charge is -2.15. The van der Waals surface area contributed by atoms with E-state index in [4.69, 9.17) is 11.5 Å². The highest BCUT2D eigenvalue weighted by Crippen LogP contribution is 2.42. The lowest BCUT2D eigenvalue weighted by molar-refractivity contribution is 0.0998. The van der Waals surface area contributed by atoms with Crippen molar-refractivity contribution in [2.45, 2.75) is 50.0 Å². The Morgan fingerprint density at radius 1 is 1.33 bits per heavy atom. The van der Waals surface area contributed by atoms with Crippen molar-refractivity contribution in [2.75, 3.05) is 0 Å². The number of nitrogens with two attached hydrogens (primary N) is 2. The number of carbonyl (C=O) groups is 1. The molecule has 5 heteroatoms. The summed E-state index contributed by atoms with van der Waals surface area (Å²) in [6, 6.07) is 0. The summed E-state index contributed by atoms with van der Waals surface area (Å²) in [4.78, 5) is 20.3. The molecule has 0 saturated heterocycles. The van der Waals surface area contributed by atoms with Gasteiger partial charge in [-0.25, -0.2) is 9.97 Å². The molecule has 1 aromatic heterocycles. The lowest BCUT2D eigenvalue weighted by atomic mass is 9.99. The predicted molar refractivity (Wildman–Crippen MR) is 66.9 cm³/mol. The number of hydrogen-bond acceptors (Lipinski definition) is 4. The SMILES string of the molecule is NC(=O)c1cnc(C2(N)CC2)nc1C1CCCC1. The minimum atomic E-state index is -0.440. The molecule has 0 spiro atoms. The van der Waals surface area contributed by atoms with E-state index in [1.165, 1.54) is 12.8 Å². The molecule has 1 heterocycles. The first-order valence-electron chi connectivity index (χ1n) is 6.56. The molecule has 1 amide bonds. The van der Waals surface area contributed by atoms with Gasteiger partial charge in [0.1, 0.15) is 5.82 Å². The third-order valence-electron chi connectivity index (χ3n) is 4.06. The largest absolute Gasteiger partial charge is 0.365 e. The standard InChI is InChI=1S/C13H18N4O/c14-11(18)9-7-16-12(13(15)5-6-13)17-10(9)8-3-1-2-4-8/h7-8H,1-6,15H2,(H2,14,18). The third-order valence-corrected chi connectivity index (χ3v) is 4.06. The second kappa shape index (κ2) is 4.02. The summed E-state index contributed by atoms with van der Waals surface area (Å²) in [6.07, 6.45) is 7.94. The molecule has 5 nitrogen and oxygen atoms in total.